The second-order valence-electron chi connectivity index (χ2n) is 6.50. The Bertz CT molecular complexity index is 375. The Morgan fingerprint density at radius 2 is 2.05 bits per heavy atom. The van der Waals surface area contributed by atoms with E-state index in [1.54, 1.807) is 13.8 Å². The molecule has 0 aromatic heterocycles. The maximum Gasteiger partial charge on any atom is 0.306 e. The maximum absolute atomic E-state index is 10.9. The fourth-order valence-electron chi connectivity index (χ4n) is 2.77. The third-order valence-electron chi connectivity index (χ3n) is 4.40. The molecule has 0 bridgehead atoms. The van der Waals surface area contributed by atoms with Gasteiger partial charge in [-0.05, 0) is 51.5 Å². The molecule has 0 aromatic carbocycles. The summed E-state index contributed by atoms with van der Waals surface area (Å²) in [4.78, 5) is 10.9. The maximum atomic E-state index is 10.9. The highest BCUT2D eigenvalue weighted by Gasteiger charge is 2.40. The largest absolute Gasteiger partial charge is 0.481 e. The Kier molecular flexibility index (Phi) is 5.78. The van der Waals surface area contributed by atoms with Crippen molar-refractivity contribution in [1.82, 2.24) is 0 Å². The quantitative estimate of drug-likeness (QED) is 0.736. The molecule has 0 amide bonds. The first-order valence-electron chi connectivity index (χ1n) is 7.42. The van der Waals surface area contributed by atoms with E-state index in [1.165, 1.54) is 0 Å². The van der Waals surface area contributed by atoms with Gasteiger partial charge >= 0.3 is 5.97 Å². The Morgan fingerprint density at radius 1 is 1.45 bits per heavy atom. The first-order valence-corrected chi connectivity index (χ1v) is 7.42. The van der Waals surface area contributed by atoms with Crippen LogP contribution in [0.15, 0.2) is 11.6 Å². The highest BCUT2D eigenvalue weighted by molar-refractivity contribution is 5.69. The highest BCUT2D eigenvalue weighted by atomic mass is 16.5. The third-order valence-corrected chi connectivity index (χ3v) is 4.40. The number of rotatable bonds is 6. The van der Waals surface area contributed by atoms with E-state index >= 15 is 0 Å². The molecular formula is C16H28O4. The van der Waals surface area contributed by atoms with Crippen LogP contribution >= 0.6 is 0 Å². The van der Waals surface area contributed by atoms with E-state index < -0.39 is 17.7 Å². The van der Waals surface area contributed by atoms with E-state index in [1.807, 2.05) is 20.8 Å². The normalized spacial score (nSPS) is 31.9. The molecule has 1 saturated heterocycles. The van der Waals surface area contributed by atoms with Gasteiger partial charge in [-0.3, -0.25) is 4.79 Å². The molecular weight excluding hydrogens is 256 g/mol. The number of ether oxygens (including phenoxy) is 1. The molecule has 2 N–H and O–H groups in total. The zero-order valence-corrected chi connectivity index (χ0v) is 13.2. The van der Waals surface area contributed by atoms with Gasteiger partial charge in [0.25, 0.3) is 0 Å². The van der Waals surface area contributed by atoms with Crippen molar-refractivity contribution in [3.05, 3.63) is 11.6 Å². The van der Waals surface area contributed by atoms with Gasteiger partial charge in [0.1, 0.15) is 0 Å². The number of aliphatic hydroxyl groups excluding tert-OH is 1. The van der Waals surface area contributed by atoms with E-state index in [9.17, 15) is 9.90 Å². The Morgan fingerprint density at radius 3 is 2.50 bits per heavy atom. The molecule has 1 aliphatic heterocycles. The summed E-state index contributed by atoms with van der Waals surface area (Å²) in [5.41, 5.74) is 0.677. The summed E-state index contributed by atoms with van der Waals surface area (Å²) in [6.45, 7) is 9.50. The second-order valence-corrected chi connectivity index (χ2v) is 6.50. The topological polar surface area (TPSA) is 66.8 Å². The number of carboxylic acids is 1. The van der Waals surface area contributed by atoms with Crippen LogP contribution in [0.5, 0.6) is 0 Å². The van der Waals surface area contributed by atoms with Crippen LogP contribution in [0.1, 0.15) is 53.9 Å². The number of carboxylic acid groups (broad SMARTS) is 1. The predicted molar refractivity (Wildman–Crippen MR) is 78.5 cm³/mol. The number of aliphatic carboxylic acids is 1. The van der Waals surface area contributed by atoms with Gasteiger partial charge in [0.05, 0.1) is 23.7 Å². The van der Waals surface area contributed by atoms with Crippen molar-refractivity contribution in [3.63, 3.8) is 0 Å². The van der Waals surface area contributed by atoms with Crippen LogP contribution < -0.4 is 0 Å². The first kappa shape index (κ1) is 17.2. The summed E-state index contributed by atoms with van der Waals surface area (Å²) < 4.78 is 5.99. The van der Waals surface area contributed by atoms with Gasteiger partial charge in [0.2, 0.25) is 0 Å². The van der Waals surface area contributed by atoms with Crippen LogP contribution in [0.25, 0.3) is 0 Å². The van der Waals surface area contributed by atoms with Crippen molar-refractivity contribution >= 4 is 5.97 Å². The number of aliphatic hydroxyl groups is 1. The average molecular weight is 284 g/mol. The van der Waals surface area contributed by atoms with Crippen LogP contribution in [0.3, 0.4) is 0 Å². The molecule has 4 nitrogen and oxygen atoms in total. The Labute approximate surface area is 121 Å². The van der Waals surface area contributed by atoms with Crippen molar-refractivity contribution in [2.24, 2.45) is 11.8 Å². The third kappa shape index (κ3) is 4.32. The SMILES string of the molecule is C/C(=C\C(C)CC(C)C(=O)O)[C@@H]1CC[C@@](C)(C(C)O)O1. The van der Waals surface area contributed by atoms with E-state index in [-0.39, 0.29) is 17.9 Å². The number of hydrogen-bond acceptors (Lipinski definition) is 3. The van der Waals surface area contributed by atoms with E-state index in [2.05, 4.69) is 6.08 Å². The number of allylic oxidation sites excluding steroid dienone is 1. The summed E-state index contributed by atoms with van der Waals surface area (Å²) in [5.74, 6) is -0.869. The highest BCUT2D eigenvalue weighted by Crippen LogP contribution is 2.36. The lowest BCUT2D eigenvalue weighted by molar-refractivity contribution is -0.141. The fraction of sp³-hybridized carbons (Fsp3) is 0.812. The fourth-order valence-corrected chi connectivity index (χ4v) is 2.77. The van der Waals surface area contributed by atoms with Crippen LogP contribution in [-0.2, 0) is 9.53 Å². The summed E-state index contributed by atoms with van der Waals surface area (Å²) in [5, 5.41) is 18.7. The van der Waals surface area contributed by atoms with Gasteiger partial charge in [0.15, 0.2) is 0 Å². The van der Waals surface area contributed by atoms with Crippen LogP contribution in [0, 0.1) is 11.8 Å². The van der Waals surface area contributed by atoms with Gasteiger partial charge in [-0.25, -0.2) is 0 Å². The van der Waals surface area contributed by atoms with Gasteiger partial charge < -0.3 is 14.9 Å². The van der Waals surface area contributed by atoms with Crippen LogP contribution in [0.2, 0.25) is 0 Å². The monoisotopic (exact) mass is 284 g/mol. The van der Waals surface area contributed by atoms with E-state index in [0.29, 0.717) is 6.42 Å². The predicted octanol–water partition coefficient (Wildman–Crippen LogP) is 3.00. The van der Waals surface area contributed by atoms with Gasteiger partial charge in [-0.2, -0.15) is 0 Å². The zero-order chi connectivity index (χ0) is 15.5. The lowest BCUT2D eigenvalue weighted by Crippen LogP contribution is -2.37. The molecule has 20 heavy (non-hydrogen) atoms. The first-order chi connectivity index (χ1) is 9.15. The standard InChI is InChI=1S/C16H28O4/c1-10(9-12(3)15(18)19)8-11(2)14-6-7-16(5,20-14)13(4)17/h8,10,12-14,17H,6-7,9H2,1-5H3,(H,18,19)/b11-8+/t10?,12?,13?,14-,16-/m0/s1. The molecule has 1 rings (SSSR count). The van der Waals surface area contributed by atoms with Crippen molar-refractivity contribution in [1.29, 1.82) is 0 Å². The summed E-state index contributed by atoms with van der Waals surface area (Å²) in [7, 11) is 0. The number of hydrogen-bond donors (Lipinski definition) is 2. The van der Waals surface area contributed by atoms with Crippen molar-refractivity contribution in [3.8, 4) is 0 Å². The lowest BCUT2D eigenvalue weighted by Gasteiger charge is -2.28. The molecule has 0 aromatic rings. The molecule has 1 aliphatic rings. The van der Waals surface area contributed by atoms with Crippen molar-refractivity contribution < 1.29 is 19.7 Å². The van der Waals surface area contributed by atoms with Crippen LogP contribution in [-0.4, -0.2) is 34.0 Å². The number of carbonyl (C=O) groups is 1. The van der Waals surface area contributed by atoms with Gasteiger partial charge in [0, 0.05) is 0 Å². The molecule has 0 radical (unpaired) electrons. The van der Waals surface area contributed by atoms with Gasteiger partial charge in [-0.1, -0.05) is 19.9 Å². The average Bonchev–Trinajstić information content (AvgIpc) is 2.73. The van der Waals surface area contributed by atoms with Crippen molar-refractivity contribution in [2.75, 3.05) is 0 Å². The van der Waals surface area contributed by atoms with Gasteiger partial charge in [-0.15, -0.1) is 0 Å². The smallest absolute Gasteiger partial charge is 0.306 e. The second kappa shape index (κ2) is 6.72. The molecule has 5 atom stereocenters. The Balaban J connectivity index is 2.60. The molecule has 116 valence electrons. The molecule has 1 heterocycles. The van der Waals surface area contributed by atoms with Crippen molar-refractivity contribution in [2.45, 2.75) is 71.7 Å². The summed E-state index contributed by atoms with van der Waals surface area (Å²) in [6, 6.07) is 0. The van der Waals surface area contributed by atoms with Crippen LogP contribution in [0.4, 0.5) is 0 Å². The summed E-state index contributed by atoms with van der Waals surface area (Å²) >= 11 is 0. The molecule has 0 aliphatic carbocycles. The van der Waals surface area contributed by atoms with E-state index in [4.69, 9.17) is 9.84 Å². The minimum Gasteiger partial charge on any atom is -0.481 e. The lowest BCUT2D eigenvalue weighted by atomic mass is 9.93. The molecule has 1 fully saturated rings. The summed E-state index contributed by atoms with van der Waals surface area (Å²) in [6.07, 6.45) is 4.05. The molecule has 0 saturated carbocycles. The van der Waals surface area contributed by atoms with E-state index in [0.717, 1.165) is 18.4 Å². The molecule has 3 unspecified atom stereocenters. The zero-order valence-electron chi connectivity index (χ0n) is 13.2. The minimum atomic E-state index is -0.748. The minimum absolute atomic E-state index is 0.0391. The molecule has 0 spiro atoms. The molecule has 4 heteroatoms. The Hall–Kier alpha value is -0.870.